The summed E-state index contributed by atoms with van der Waals surface area (Å²) in [5.41, 5.74) is 3.12. The van der Waals surface area contributed by atoms with Crippen molar-refractivity contribution in [3.05, 3.63) is 30.2 Å². The lowest BCUT2D eigenvalue weighted by atomic mass is 10.4. The Balaban J connectivity index is 2.66. The van der Waals surface area contributed by atoms with Crippen molar-refractivity contribution >= 4 is 11.3 Å². The Labute approximate surface area is 71.0 Å². The van der Waals surface area contributed by atoms with Crippen LogP contribution in [0, 0.1) is 6.92 Å². The highest BCUT2D eigenvalue weighted by atomic mass is 15.0. The molecule has 0 fully saturated rings. The van der Waals surface area contributed by atoms with Crippen molar-refractivity contribution in [2.75, 3.05) is 12.4 Å². The van der Waals surface area contributed by atoms with E-state index in [0.29, 0.717) is 0 Å². The molecule has 3 heteroatoms. The van der Waals surface area contributed by atoms with Gasteiger partial charge in [-0.15, -0.1) is 0 Å². The van der Waals surface area contributed by atoms with Gasteiger partial charge in [0.2, 0.25) is 0 Å². The van der Waals surface area contributed by atoms with Crippen LogP contribution in [0.15, 0.2) is 24.5 Å². The number of anilines is 1. The molecule has 0 amide bonds. The van der Waals surface area contributed by atoms with Crippen LogP contribution in [-0.4, -0.2) is 16.4 Å². The minimum atomic E-state index is 0.986. The molecule has 0 aliphatic carbocycles. The standard InChI is InChI=1S/C9H11N3/c1-7-6-12-4-3-8(10-2)5-9(12)11-7/h3-6,10H,1-2H3. The minimum absolute atomic E-state index is 0.986. The maximum Gasteiger partial charge on any atom is 0.139 e. The van der Waals surface area contributed by atoms with Gasteiger partial charge < -0.3 is 9.72 Å². The summed E-state index contributed by atoms with van der Waals surface area (Å²) in [4.78, 5) is 4.34. The normalized spacial score (nSPS) is 10.5. The number of aryl methyl sites for hydroxylation is 1. The lowest BCUT2D eigenvalue weighted by molar-refractivity contribution is 1.18. The van der Waals surface area contributed by atoms with Crippen LogP contribution in [0.4, 0.5) is 5.69 Å². The number of hydrogen-bond donors (Lipinski definition) is 1. The largest absolute Gasteiger partial charge is 0.388 e. The summed E-state index contributed by atoms with van der Waals surface area (Å²) < 4.78 is 2.01. The van der Waals surface area contributed by atoms with Gasteiger partial charge in [0.15, 0.2) is 0 Å². The Morgan fingerprint density at radius 1 is 1.50 bits per heavy atom. The third-order valence-corrected chi connectivity index (χ3v) is 1.87. The first-order chi connectivity index (χ1) is 5.79. The van der Waals surface area contributed by atoms with E-state index in [-0.39, 0.29) is 0 Å². The van der Waals surface area contributed by atoms with Crippen molar-refractivity contribution in [2.24, 2.45) is 0 Å². The molecular weight excluding hydrogens is 150 g/mol. The smallest absolute Gasteiger partial charge is 0.139 e. The zero-order valence-corrected chi connectivity index (χ0v) is 7.20. The van der Waals surface area contributed by atoms with Gasteiger partial charge in [-0.2, -0.15) is 0 Å². The van der Waals surface area contributed by atoms with Gasteiger partial charge in [-0.3, -0.25) is 0 Å². The first-order valence-corrected chi connectivity index (χ1v) is 3.93. The zero-order valence-electron chi connectivity index (χ0n) is 7.20. The summed E-state index contributed by atoms with van der Waals surface area (Å²) in [6.45, 7) is 1.99. The van der Waals surface area contributed by atoms with Crippen LogP contribution in [0.25, 0.3) is 5.65 Å². The van der Waals surface area contributed by atoms with E-state index in [0.717, 1.165) is 17.0 Å². The van der Waals surface area contributed by atoms with Crippen LogP contribution in [0.5, 0.6) is 0 Å². The van der Waals surface area contributed by atoms with Crippen LogP contribution in [0.3, 0.4) is 0 Å². The molecule has 0 unspecified atom stereocenters. The highest BCUT2D eigenvalue weighted by molar-refractivity contribution is 5.54. The number of imidazole rings is 1. The van der Waals surface area contributed by atoms with Crippen molar-refractivity contribution < 1.29 is 0 Å². The third-order valence-electron chi connectivity index (χ3n) is 1.87. The summed E-state index contributed by atoms with van der Waals surface area (Å²) in [5, 5.41) is 3.08. The Hall–Kier alpha value is -1.51. The Kier molecular flexibility index (Phi) is 1.50. The van der Waals surface area contributed by atoms with Gasteiger partial charge in [0.1, 0.15) is 5.65 Å². The van der Waals surface area contributed by atoms with Gasteiger partial charge in [-0.1, -0.05) is 0 Å². The van der Waals surface area contributed by atoms with Crippen molar-refractivity contribution in [3.8, 4) is 0 Å². The molecule has 0 saturated heterocycles. The lowest BCUT2D eigenvalue weighted by Gasteiger charge is -1.98. The quantitative estimate of drug-likeness (QED) is 0.689. The molecule has 0 aliphatic rings. The maximum atomic E-state index is 4.34. The predicted molar refractivity (Wildman–Crippen MR) is 49.5 cm³/mol. The fourth-order valence-electron chi connectivity index (χ4n) is 1.26. The first-order valence-electron chi connectivity index (χ1n) is 3.93. The zero-order chi connectivity index (χ0) is 8.55. The van der Waals surface area contributed by atoms with Gasteiger partial charge in [-0.25, -0.2) is 4.98 Å². The van der Waals surface area contributed by atoms with Crippen LogP contribution < -0.4 is 5.32 Å². The molecule has 2 aromatic heterocycles. The van der Waals surface area contributed by atoms with E-state index in [9.17, 15) is 0 Å². The number of fused-ring (bicyclic) bond motifs is 1. The summed E-state index contributed by atoms with van der Waals surface area (Å²) in [5.74, 6) is 0. The van der Waals surface area contributed by atoms with Crippen LogP contribution in [0.2, 0.25) is 0 Å². The number of aromatic nitrogens is 2. The van der Waals surface area contributed by atoms with Crippen molar-refractivity contribution in [2.45, 2.75) is 6.92 Å². The molecule has 1 N–H and O–H groups in total. The van der Waals surface area contributed by atoms with Crippen molar-refractivity contribution in [3.63, 3.8) is 0 Å². The molecule has 3 nitrogen and oxygen atoms in total. The average molecular weight is 161 g/mol. The van der Waals surface area contributed by atoms with Crippen LogP contribution in [-0.2, 0) is 0 Å². The molecule has 0 aliphatic heterocycles. The maximum absolute atomic E-state index is 4.34. The summed E-state index contributed by atoms with van der Waals surface area (Å²) in [6.07, 6.45) is 4.01. The predicted octanol–water partition coefficient (Wildman–Crippen LogP) is 1.68. The highest BCUT2D eigenvalue weighted by Gasteiger charge is 1.96. The van der Waals surface area contributed by atoms with Crippen molar-refractivity contribution in [1.29, 1.82) is 0 Å². The van der Waals surface area contributed by atoms with E-state index in [1.165, 1.54) is 0 Å². The molecule has 0 saturated carbocycles. The molecule has 0 aromatic carbocycles. The minimum Gasteiger partial charge on any atom is -0.388 e. The molecule has 0 atom stereocenters. The van der Waals surface area contributed by atoms with Crippen molar-refractivity contribution in [1.82, 2.24) is 9.38 Å². The molecule has 12 heavy (non-hydrogen) atoms. The highest BCUT2D eigenvalue weighted by Crippen LogP contribution is 2.10. The average Bonchev–Trinajstić information content (AvgIpc) is 2.43. The van der Waals surface area contributed by atoms with E-state index in [1.807, 2.05) is 42.9 Å². The van der Waals surface area contributed by atoms with Gasteiger partial charge in [-0.05, 0) is 13.0 Å². The lowest BCUT2D eigenvalue weighted by Crippen LogP contribution is -1.89. The number of hydrogen-bond acceptors (Lipinski definition) is 2. The Bertz CT molecular complexity index is 403. The monoisotopic (exact) mass is 161 g/mol. The van der Waals surface area contributed by atoms with E-state index in [2.05, 4.69) is 10.3 Å². The molecule has 0 bridgehead atoms. The van der Waals surface area contributed by atoms with Gasteiger partial charge >= 0.3 is 0 Å². The molecule has 2 heterocycles. The Morgan fingerprint density at radius 2 is 2.33 bits per heavy atom. The number of nitrogens with zero attached hydrogens (tertiary/aromatic N) is 2. The SMILES string of the molecule is CNc1ccn2cc(C)nc2c1. The van der Waals surface area contributed by atoms with Gasteiger partial charge in [0.05, 0.1) is 5.69 Å². The van der Waals surface area contributed by atoms with E-state index < -0.39 is 0 Å². The fraction of sp³-hybridized carbons (Fsp3) is 0.222. The fourth-order valence-corrected chi connectivity index (χ4v) is 1.26. The summed E-state index contributed by atoms with van der Waals surface area (Å²) >= 11 is 0. The van der Waals surface area contributed by atoms with Crippen LogP contribution in [0.1, 0.15) is 5.69 Å². The molecule has 0 spiro atoms. The number of rotatable bonds is 1. The molecule has 0 radical (unpaired) electrons. The van der Waals surface area contributed by atoms with E-state index in [4.69, 9.17) is 0 Å². The summed E-state index contributed by atoms with van der Waals surface area (Å²) in [7, 11) is 1.90. The summed E-state index contributed by atoms with van der Waals surface area (Å²) in [6, 6.07) is 4.04. The topological polar surface area (TPSA) is 29.3 Å². The molecule has 2 rings (SSSR count). The second kappa shape index (κ2) is 2.52. The molecular formula is C9H11N3. The molecule has 2 aromatic rings. The van der Waals surface area contributed by atoms with Gasteiger partial charge in [0.25, 0.3) is 0 Å². The first kappa shape index (κ1) is 7.16. The number of pyridine rings is 1. The second-order valence-electron chi connectivity index (χ2n) is 2.81. The van der Waals surface area contributed by atoms with Gasteiger partial charge in [0, 0.05) is 31.2 Å². The third kappa shape index (κ3) is 1.03. The Morgan fingerprint density at radius 3 is 3.08 bits per heavy atom. The van der Waals surface area contributed by atoms with Crippen LogP contribution >= 0.6 is 0 Å². The van der Waals surface area contributed by atoms with E-state index >= 15 is 0 Å². The second-order valence-corrected chi connectivity index (χ2v) is 2.81. The van der Waals surface area contributed by atoms with E-state index in [1.54, 1.807) is 0 Å². The number of nitrogens with one attached hydrogen (secondary N) is 1. The molecule has 62 valence electrons.